The number of likely N-dealkylation sites (tertiary alicyclic amines) is 2. The first-order valence-corrected chi connectivity index (χ1v) is 10.6. The fourth-order valence-corrected chi connectivity index (χ4v) is 5.39. The molecule has 2 amide bonds. The van der Waals surface area contributed by atoms with Crippen LogP contribution in [0.4, 0.5) is 4.79 Å². The third kappa shape index (κ3) is 3.60. The molecule has 2 N–H and O–H groups in total. The van der Waals surface area contributed by atoms with Crippen molar-refractivity contribution < 1.29 is 19.8 Å². The van der Waals surface area contributed by atoms with Gasteiger partial charge in [-0.05, 0) is 38.5 Å². The van der Waals surface area contributed by atoms with E-state index in [-0.39, 0.29) is 23.8 Å². The highest BCUT2D eigenvalue weighted by molar-refractivity contribution is 7.09. The minimum atomic E-state index is -0.869. The summed E-state index contributed by atoms with van der Waals surface area (Å²) < 4.78 is 0. The van der Waals surface area contributed by atoms with Gasteiger partial charge in [0.25, 0.3) is 5.91 Å². The SMILES string of the molecule is O=C(O)N1CCC(c2nc(C(=O)N3CCC(O)C4CCCC=C43)cs2)CC1. The molecule has 8 heteroatoms. The molecule has 2 unspecified atom stereocenters. The second-order valence-electron chi connectivity index (χ2n) is 7.59. The van der Waals surface area contributed by atoms with Gasteiger partial charge in [-0.2, -0.15) is 0 Å². The van der Waals surface area contributed by atoms with E-state index < -0.39 is 6.09 Å². The highest BCUT2D eigenvalue weighted by Gasteiger charge is 2.37. The molecule has 2 saturated heterocycles. The maximum atomic E-state index is 13.1. The van der Waals surface area contributed by atoms with Gasteiger partial charge in [0.15, 0.2) is 0 Å². The Labute approximate surface area is 162 Å². The van der Waals surface area contributed by atoms with Gasteiger partial charge in [-0.3, -0.25) is 4.79 Å². The Balaban J connectivity index is 1.46. The fraction of sp³-hybridized carbons (Fsp3) is 0.632. The number of piperidine rings is 2. The number of nitrogens with zero attached hydrogens (tertiary/aromatic N) is 3. The van der Waals surface area contributed by atoms with Gasteiger partial charge in [0.2, 0.25) is 0 Å². The monoisotopic (exact) mass is 391 g/mol. The van der Waals surface area contributed by atoms with Crippen molar-refractivity contribution in [2.75, 3.05) is 19.6 Å². The zero-order valence-electron chi connectivity index (χ0n) is 15.2. The van der Waals surface area contributed by atoms with Crippen molar-refractivity contribution in [1.82, 2.24) is 14.8 Å². The van der Waals surface area contributed by atoms with E-state index >= 15 is 0 Å². The first kappa shape index (κ1) is 18.4. The van der Waals surface area contributed by atoms with Gasteiger partial charge < -0.3 is 20.0 Å². The number of carbonyl (C=O) groups is 2. The summed E-state index contributed by atoms with van der Waals surface area (Å²) in [6, 6.07) is 0. The standard InChI is InChI=1S/C19H25N3O4S/c23-16-7-10-22(15-4-2-1-3-13(15)16)18(24)14-11-27-17(20-14)12-5-8-21(9-6-12)19(25)26/h4,11-13,16,23H,1-3,5-10H2,(H,25,26). The summed E-state index contributed by atoms with van der Waals surface area (Å²) in [6.07, 6.45) is 5.92. The molecule has 2 aliphatic heterocycles. The maximum Gasteiger partial charge on any atom is 0.407 e. The Kier molecular flexibility index (Phi) is 5.19. The lowest BCUT2D eigenvalue weighted by molar-refractivity contribution is 0.0413. The Morgan fingerprint density at radius 2 is 1.93 bits per heavy atom. The van der Waals surface area contributed by atoms with Gasteiger partial charge in [0, 0.05) is 42.5 Å². The molecular weight excluding hydrogens is 366 g/mol. The zero-order chi connectivity index (χ0) is 19.0. The van der Waals surface area contributed by atoms with Crippen molar-refractivity contribution in [2.45, 2.75) is 50.5 Å². The highest BCUT2D eigenvalue weighted by atomic mass is 32.1. The fourth-order valence-electron chi connectivity index (χ4n) is 4.43. The first-order valence-electron chi connectivity index (χ1n) is 9.68. The van der Waals surface area contributed by atoms with Crippen LogP contribution in [0.25, 0.3) is 0 Å². The van der Waals surface area contributed by atoms with Gasteiger partial charge >= 0.3 is 6.09 Å². The molecule has 4 rings (SSSR count). The van der Waals surface area contributed by atoms with E-state index in [0.29, 0.717) is 31.7 Å². The number of fused-ring (bicyclic) bond motifs is 1. The summed E-state index contributed by atoms with van der Waals surface area (Å²) in [5.41, 5.74) is 1.44. The smallest absolute Gasteiger partial charge is 0.407 e. The van der Waals surface area contributed by atoms with Crippen molar-refractivity contribution in [1.29, 1.82) is 0 Å². The molecule has 3 heterocycles. The first-order chi connectivity index (χ1) is 13.0. The van der Waals surface area contributed by atoms with E-state index in [1.807, 2.05) is 10.3 Å². The van der Waals surface area contributed by atoms with Gasteiger partial charge in [-0.15, -0.1) is 11.3 Å². The average molecular weight is 391 g/mol. The minimum Gasteiger partial charge on any atom is -0.465 e. The number of aromatic nitrogens is 1. The lowest BCUT2D eigenvalue weighted by Crippen LogP contribution is -2.45. The van der Waals surface area contributed by atoms with Gasteiger partial charge in [0.1, 0.15) is 5.69 Å². The van der Waals surface area contributed by atoms with Crippen LogP contribution in [0, 0.1) is 5.92 Å². The number of amides is 2. The number of aliphatic hydroxyl groups excluding tert-OH is 1. The van der Waals surface area contributed by atoms with Crippen molar-refractivity contribution in [3.8, 4) is 0 Å². The maximum absolute atomic E-state index is 13.1. The second-order valence-corrected chi connectivity index (χ2v) is 8.48. The third-order valence-electron chi connectivity index (χ3n) is 5.98. The van der Waals surface area contributed by atoms with Crippen molar-refractivity contribution in [3.05, 3.63) is 27.9 Å². The van der Waals surface area contributed by atoms with Crippen LogP contribution in [0.2, 0.25) is 0 Å². The second kappa shape index (κ2) is 7.59. The number of aliphatic hydroxyl groups is 1. The molecule has 1 aliphatic carbocycles. The van der Waals surface area contributed by atoms with E-state index in [9.17, 15) is 14.7 Å². The highest BCUT2D eigenvalue weighted by Crippen LogP contribution is 2.37. The van der Waals surface area contributed by atoms with E-state index in [4.69, 9.17) is 5.11 Å². The molecule has 0 radical (unpaired) electrons. The number of thiazole rings is 1. The van der Waals surface area contributed by atoms with E-state index in [0.717, 1.165) is 42.8 Å². The van der Waals surface area contributed by atoms with Crippen LogP contribution < -0.4 is 0 Å². The Bertz CT molecular complexity index is 754. The molecule has 0 aromatic carbocycles. The third-order valence-corrected chi connectivity index (χ3v) is 6.99. The van der Waals surface area contributed by atoms with Crippen LogP contribution in [-0.4, -0.2) is 62.7 Å². The quantitative estimate of drug-likeness (QED) is 0.808. The molecule has 7 nitrogen and oxygen atoms in total. The van der Waals surface area contributed by atoms with Crippen LogP contribution >= 0.6 is 11.3 Å². The lowest BCUT2D eigenvalue weighted by atomic mass is 9.82. The predicted octanol–water partition coefficient (Wildman–Crippen LogP) is 2.89. The number of carbonyl (C=O) groups excluding carboxylic acids is 1. The normalized spacial score (nSPS) is 26.5. The summed E-state index contributed by atoms with van der Waals surface area (Å²) >= 11 is 1.49. The molecule has 3 aliphatic rings. The van der Waals surface area contributed by atoms with E-state index in [2.05, 4.69) is 11.1 Å². The predicted molar refractivity (Wildman–Crippen MR) is 101 cm³/mol. The zero-order valence-corrected chi connectivity index (χ0v) is 16.0. The minimum absolute atomic E-state index is 0.0647. The summed E-state index contributed by atoms with van der Waals surface area (Å²) in [7, 11) is 0. The van der Waals surface area contributed by atoms with Crippen LogP contribution in [0.1, 0.15) is 59.9 Å². The molecule has 0 spiro atoms. The van der Waals surface area contributed by atoms with E-state index in [1.54, 1.807) is 0 Å². The largest absolute Gasteiger partial charge is 0.465 e. The molecule has 1 aromatic rings. The van der Waals surface area contributed by atoms with Crippen molar-refractivity contribution in [3.63, 3.8) is 0 Å². The Morgan fingerprint density at radius 3 is 2.67 bits per heavy atom. The van der Waals surface area contributed by atoms with E-state index in [1.165, 1.54) is 16.2 Å². The molecule has 27 heavy (non-hydrogen) atoms. The molecule has 2 atom stereocenters. The van der Waals surface area contributed by atoms with Crippen molar-refractivity contribution >= 4 is 23.3 Å². The molecule has 146 valence electrons. The number of carboxylic acid groups (broad SMARTS) is 1. The Morgan fingerprint density at radius 1 is 1.15 bits per heavy atom. The number of hydrogen-bond acceptors (Lipinski definition) is 5. The number of allylic oxidation sites excluding steroid dienone is 1. The van der Waals surface area contributed by atoms with Crippen LogP contribution in [0.3, 0.4) is 0 Å². The summed E-state index contributed by atoms with van der Waals surface area (Å²) in [5.74, 6) is 0.206. The summed E-state index contributed by atoms with van der Waals surface area (Å²) in [6.45, 7) is 1.56. The summed E-state index contributed by atoms with van der Waals surface area (Å²) in [5, 5.41) is 22.1. The average Bonchev–Trinajstić information content (AvgIpc) is 3.18. The van der Waals surface area contributed by atoms with Crippen LogP contribution in [0.5, 0.6) is 0 Å². The lowest BCUT2D eigenvalue weighted by Gasteiger charge is -2.40. The molecule has 2 fully saturated rings. The van der Waals surface area contributed by atoms with Gasteiger partial charge in [0.05, 0.1) is 11.1 Å². The molecule has 0 saturated carbocycles. The Hall–Kier alpha value is -1.93. The molecule has 0 bridgehead atoms. The van der Waals surface area contributed by atoms with Gasteiger partial charge in [-0.1, -0.05) is 6.08 Å². The van der Waals surface area contributed by atoms with Crippen molar-refractivity contribution in [2.24, 2.45) is 5.92 Å². The van der Waals surface area contributed by atoms with Crippen LogP contribution in [0.15, 0.2) is 17.2 Å². The number of hydrogen-bond donors (Lipinski definition) is 2. The summed E-state index contributed by atoms with van der Waals surface area (Å²) in [4.78, 5) is 32.0. The number of rotatable bonds is 2. The molecular formula is C19H25N3O4S. The van der Waals surface area contributed by atoms with Gasteiger partial charge in [-0.25, -0.2) is 9.78 Å². The molecule has 1 aromatic heterocycles. The topological polar surface area (TPSA) is 94.0 Å². The van der Waals surface area contributed by atoms with Crippen LogP contribution in [-0.2, 0) is 0 Å².